The minimum atomic E-state index is 0.0357. The Bertz CT molecular complexity index is 711. The largest absolute Gasteiger partial charge is 0.485 e. The lowest BCUT2D eigenvalue weighted by Crippen LogP contribution is -2.12. The number of hydrogen-bond acceptors (Lipinski definition) is 2. The van der Waals surface area contributed by atoms with Crippen LogP contribution in [-0.2, 0) is 12.8 Å². The molecule has 23 heavy (non-hydrogen) atoms. The van der Waals surface area contributed by atoms with Crippen molar-refractivity contribution in [1.29, 1.82) is 0 Å². The van der Waals surface area contributed by atoms with Crippen LogP contribution in [0.5, 0.6) is 5.75 Å². The molecule has 0 saturated heterocycles. The van der Waals surface area contributed by atoms with E-state index in [1.807, 2.05) is 24.3 Å². The fraction of sp³-hybridized carbons (Fsp3) is 0.381. The lowest BCUT2D eigenvalue weighted by atomic mass is 10.0. The van der Waals surface area contributed by atoms with Gasteiger partial charge in [-0.3, -0.25) is 4.79 Å². The van der Waals surface area contributed by atoms with E-state index in [4.69, 9.17) is 4.74 Å². The molecule has 120 valence electrons. The number of ether oxygens (including phenoxy) is 1. The number of Topliss-reactive ketones (excluding diaryl/α,β-unsaturated/α-hetero) is 1. The van der Waals surface area contributed by atoms with Crippen molar-refractivity contribution in [3.8, 4) is 5.75 Å². The average molecular weight is 308 g/mol. The summed E-state index contributed by atoms with van der Waals surface area (Å²) in [6, 6.07) is 12.2. The molecule has 0 saturated carbocycles. The fourth-order valence-electron chi connectivity index (χ4n) is 3.23. The molecule has 0 atom stereocenters. The summed E-state index contributed by atoms with van der Waals surface area (Å²) in [6.45, 7) is 6.49. The summed E-state index contributed by atoms with van der Waals surface area (Å²) in [7, 11) is 0. The predicted molar refractivity (Wildman–Crippen MR) is 93.6 cm³/mol. The van der Waals surface area contributed by atoms with Gasteiger partial charge in [0.05, 0.1) is 0 Å². The molecular weight excluding hydrogens is 284 g/mol. The lowest BCUT2D eigenvalue weighted by Gasteiger charge is -2.12. The summed E-state index contributed by atoms with van der Waals surface area (Å²) in [5, 5.41) is 0. The van der Waals surface area contributed by atoms with Gasteiger partial charge in [-0.25, -0.2) is 0 Å². The number of carbonyl (C=O) groups excluding carboxylic acids is 1. The van der Waals surface area contributed by atoms with Gasteiger partial charge in [0.15, 0.2) is 12.4 Å². The van der Waals surface area contributed by atoms with Gasteiger partial charge in [-0.1, -0.05) is 44.2 Å². The normalized spacial score (nSPS) is 13.2. The Morgan fingerprint density at radius 3 is 2.57 bits per heavy atom. The molecule has 0 aromatic heterocycles. The second-order valence-electron chi connectivity index (χ2n) is 6.74. The Balaban J connectivity index is 1.70. The van der Waals surface area contributed by atoms with Crippen LogP contribution in [0.2, 0.25) is 0 Å². The molecule has 1 aliphatic rings. The van der Waals surface area contributed by atoms with E-state index < -0.39 is 0 Å². The van der Waals surface area contributed by atoms with Crippen molar-refractivity contribution in [2.45, 2.75) is 46.0 Å². The van der Waals surface area contributed by atoms with Gasteiger partial charge in [0, 0.05) is 5.56 Å². The van der Waals surface area contributed by atoms with Gasteiger partial charge in [-0.05, 0) is 60.4 Å². The maximum Gasteiger partial charge on any atom is 0.200 e. The molecule has 0 unspecified atom stereocenters. The highest BCUT2D eigenvalue weighted by molar-refractivity contribution is 5.97. The highest BCUT2D eigenvalue weighted by Gasteiger charge is 2.17. The molecule has 2 aromatic rings. The third-order valence-corrected chi connectivity index (χ3v) is 4.58. The number of carbonyl (C=O) groups is 1. The zero-order valence-corrected chi connectivity index (χ0v) is 14.2. The molecule has 0 radical (unpaired) electrons. The van der Waals surface area contributed by atoms with Crippen molar-refractivity contribution < 1.29 is 9.53 Å². The highest BCUT2D eigenvalue weighted by Crippen LogP contribution is 2.32. The standard InChI is InChI=1S/C21H24O2/c1-14(2)16-7-9-17(10-8-16)20(22)13-23-21-12-15(3)11-18-5-4-6-19(18)21/h7-12,14H,4-6,13H2,1-3H3. The Morgan fingerprint density at radius 1 is 1.13 bits per heavy atom. The maximum atomic E-state index is 12.4. The van der Waals surface area contributed by atoms with Crippen LogP contribution in [0.4, 0.5) is 0 Å². The van der Waals surface area contributed by atoms with Crippen LogP contribution in [0.25, 0.3) is 0 Å². The topological polar surface area (TPSA) is 26.3 Å². The van der Waals surface area contributed by atoms with Gasteiger partial charge in [-0.15, -0.1) is 0 Å². The van der Waals surface area contributed by atoms with E-state index in [1.165, 1.54) is 28.7 Å². The number of ketones is 1. The average Bonchev–Trinajstić information content (AvgIpc) is 3.00. The summed E-state index contributed by atoms with van der Waals surface area (Å²) >= 11 is 0. The van der Waals surface area contributed by atoms with Crippen molar-refractivity contribution in [3.05, 3.63) is 64.2 Å². The molecule has 0 spiro atoms. The molecule has 0 aliphatic heterocycles. The van der Waals surface area contributed by atoms with Crippen LogP contribution < -0.4 is 4.74 Å². The van der Waals surface area contributed by atoms with Crippen molar-refractivity contribution in [2.24, 2.45) is 0 Å². The van der Waals surface area contributed by atoms with Crippen LogP contribution in [0.15, 0.2) is 36.4 Å². The molecule has 0 amide bonds. The highest BCUT2D eigenvalue weighted by atomic mass is 16.5. The summed E-state index contributed by atoms with van der Waals surface area (Å²) in [6.07, 6.45) is 3.36. The van der Waals surface area contributed by atoms with Crippen LogP contribution in [0, 0.1) is 6.92 Å². The van der Waals surface area contributed by atoms with Crippen molar-refractivity contribution in [1.82, 2.24) is 0 Å². The minimum absolute atomic E-state index is 0.0357. The number of hydrogen-bond donors (Lipinski definition) is 0. The molecule has 0 fully saturated rings. The minimum Gasteiger partial charge on any atom is -0.485 e. The van der Waals surface area contributed by atoms with Crippen molar-refractivity contribution in [2.75, 3.05) is 6.61 Å². The Hall–Kier alpha value is -2.09. The van der Waals surface area contributed by atoms with Crippen LogP contribution in [-0.4, -0.2) is 12.4 Å². The van der Waals surface area contributed by atoms with Gasteiger partial charge in [-0.2, -0.15) is 0 Å². The molecule has 0 N–H and O–H groups in total. The molecule has 3 rings (SSSR count). The van der Waals surface area contributed by atoms with E-state index in [-0.39, 0.29) is 12.4 Å². The SMILES string of the molecule is Cc1cc2c(c(OCC(=O)c3ccc(C(C)C)cc3)c1)CCC2. The van der Waals surface area contributed by atoms with Gasteiger partial charge in [0.25, 0.3) is 0 Å². The van der Waals surface area contributed by atoms with E-state index in [9.17, 15) is 4.79 Å². The van der Waals surface area contributed by atoms with Gasteiger partial charge >= 0.3 is 0 Å². The molecule has 0 heterocycles. The maximum absolute atomic E-state index is 12.4. The van der Waals surface area contributed by atoms with Crippen LogP contribution in [0.3, 0.4) is 0 Å². The van der Waals surface area contributed by atoms with E-state index in [0.717, 1.165) is 24.2 Å². The number of rotatable bonds is 5. The smallest absolute Gasteiger partial charge is 0.200 e. The summed E-state index contributed by atoms with van der Waals surface area (Å²) in [4.78, 5) is 12.4. The van der Waals surface area contributed by atoms with Gasteiger partial charge in [0.1, 0.15) is 5.75 Å². The molecule has 0 bridgehead atoms. The lowest BCUT2D eigenvalue weighted by molar-refractivity contribution is 0.0921. The summed E-state index contributed by atoms with van der Waals surface area (Å²) in [5.74, 6) is 1.41. The third-order valence-electron chi connectivity index (χ3n) is 4.58. The first-order chi connectivity index (χ1) is 11.0. The van der Waals surface area contributed by atoms with E-state index in [1.54, 1.807) is 0 Å². The monoisotopic (exact) mass is 308 g/mol. The Kier molecular flexibility index (Phi) is 4.51. The zero-order chi connectivity index (χ0) is 16.4. The summed E-state index contributed by atoms with van der Waals surface area (Å²) < 4.78 is 5.87. The molecule has 2 aromatic carbocycles. The molecule has 2 nitrogen and oxygen atoms in total. The van der Waals surface area contributed by atoms with Gasteiger partial charge in [0.2, 0.25) is 0 Å². The second kappa shape index (κ2) is 6.57. The van der Waals surface area contributed by atoms with Crippen LogP contribution in [0.1, 0.15) is 58.8 Å². The predicted octanol–water partition coefficient (Wildman–Crippen LogP) is 4.87. The summed E-state index contributed by atoms with van der Waals surface area (Å²) in [5.41, 5.74) is 5.85. The first-order valence-electron chi connectivity index (χ1n) is 8.43. The first kappa shape index (κ1) is 15.8. The Morgan fingerprint density at radius 2 is 1.87 bits per heavy atom. The van der Waals surface area contributed by atoms with E-state index in [2.05, 4.69) is 32.9 Å². The fourth-order valence-corrected chi connectivity index (χ4v) is 3.23. The van der Waals surface area contributed by atoms with E-state index >= 15 is 0 Å². The number of fused-ring (bicyclic) bond motifs is 1. The zero-order valence-electron chi connectivity index (χ0n) is 14.2. The second-order valence-corrected chi connectivity index (χ2v) is 6.74. The number of aryl methyl sites for hydroxylation is 2. The third kappa shape index (κ3) is 3.47. The molecule has 2 heteroatoms. The molecular formula is C21H24O2. The Labute approximate surface area is 138 Å². The first-order valence-corrected chi connectivity index (χ1v) is 8.43. The van der Waals surface area contributed by atoms with E-state index in [0.29, 0.717) is 5.92 Å². The van der Waals surface area contributed by atoms with Crippen molar-refractivity contribution >= 4 is 5.78 Å². The quantitative estimate of drug-likeness (QED) is 0.737. The van der Waals surface area contributed by atoms with Crippen molar-refractivity contribution in [3.63, 3.8) is 0 Å². The van der Waals surface area contributed by atoms with Gasteiger partial charge < -0.3 is 4.74 Å². The molecule has 1 aliphatic carbocycles. The van der Waals surface area contributed by atoms with Crippen LogP contribution >= 0.6 is 0 Å². The number of benzene rings is 2.